The summed E-state index contributed by atoms with van der Waals surface area (Å²) in [6.07, 6.45) is 3.78. The van der Waals surface area contributed by atoms with E-state index in [1.165, 1.54) is 0 Å². The highest BCUT2D eigenvalue weighted by Crippen LogP contribution is 2.42. The normalized spacial score (nSPS) is 13.7. The van der Waals surface area contributed by atoms with Crippen LogP contribution >= 0.6 is 15.9 Å². The van der Waals surface area contributed by atoms with Crippen LogP contribution in [0.1, 0.15) is 40.6 Å². The summed E-state index contributed by atoms with van der Waals surface area (Å²) in [6.45, 7) is 1.88. The molecule has 4 rings (SSSR count). The van der Waals surface area contributed by atoms with Crippen molar-refractivity contribution in [3.63, 3.8) is 0 Å². The first kappa shape index (κ1) is 16.0. The second kappa shape index (κ2) is 6.40. The van der Waals surface area contributed by atoms with Crippen molar-refractivity contribution in [2.24, 2.45) is 0 Å². The van der Waals surface area contributed by atoms with E-state index in [0.717, 1.165) is 34.4 Å². The van der Waals surface area contributed by atoms with Crippen LogP contribution in [0.15, 0.2) is 47.1 Å². The number of nitrogens with one attached hydrogen (secondary N) is 1. The van der Waals surface area contributed by atoms with Gasteiger partial charge in [-0.2, -0.15) is 0 Å². The average molecular weight is 398 g/mol. The Labute approximate surface area is 153 Å². The van der Waals surface area contributed by atoms with Crippen molar-refractivity contribution in [3.05, 3.63) is 64.1 Å². The molecule has 0 bridgehead atoms. The van der Waals surface area contributed by atoms with Crippen molar-refractivity contribution >= 4 is 27.5 Å². The molecule has 1 aliphatic rings. The van der Waals surface area contributed by atoms with Crippen LogP contribution in [0, 0.1) is 6.92 Å². The summed E-state index contributed by atoms with van der Waals surface area (Å²) in [5.41, 5.74) is 3.72. The maximum atomic E-state index is 12.7. The fraction of sp³-hybridized carbons (Fsp3) is 0.222. The molecule has 2 heterocycles. The molecule has 0 aliphatic heterocycles. The minimum atomic E-state index is -0.240. The monoisotopic (exact) mass is 397 g/mol. The van der Waals surface area contributed by atoms with Crippen LogP contribution in [0.3, 0.4) is 0 Å². The maximum absolute atomic E-state index is 12.7. The summed E-state index contributed by atoms with van der Waals surface area (Å²) in [6, 6.07) is 11.4. The number of anilines is 1. The molecule has 1 aromatic carbocycles. The van der Waals surface area contributed by atoms with Crippen molar-refractivity contribution in [3.8, 4) is 5.69 Å². The topological polar surface area (TPSA) is 72.7 Å². The minimum Gasteiger partial charge on any atom is -0.320 e. The third-order valence-corrected chi connectivity index (χ3v) is 4.64. The highest BCUT2D eigenvalue weighted by molar-refractivity contribution is 9.10. The summed E-state index contributed by atoms with van der Waals surface area (Å²) < 4.78 is 2.77. The van der Waals surface area contributed by atoms with Crippen LogP contribution in [-0.4, -0.2) is 25.9 Å². The number of carbonyl (C=O) groups excluding carboxylic acids is 1. The van der Waals surface area contributed by atoms with E-state index in [1.54, 1.807) is 16.9 Å². The van der Waals surface area contributed by atoms with Crippen molar-refractivity contribution in [2.75, 3.05) is 5.32 Å². The van der Waals surface area contributed by atoms with E-state index in [4.69, 9.17) is 0 Å². The first-order valence-corrected chi connectivity index (χ1v) is 8.86. The van der Waals surface area contributed by atoms with Gasteiger partial charge >= 0.3 is 0 Å². The lowest BCUT2D eigenvalue weighted by molar-refractivity contribution is 0.102. The van der Waals surface area contributed by atoms with E-state index in [1.807, 2.05) is 37.3 Å². The molecule has 0 atom stereocenters. The number of benzene rings is 1. The highest BCUT2D eigenvalue weighted by Gasteiger charge is 2.34. The molecule has 1 aliphatic carbocycles. The van der Waals surface area contributed by atoms with Crippen LogP contribution in [0.2, 0.25) is 0 Å². The number of hydrogen-bond donors (Lipinski definition) is 1. The smallest absolute Gasteiger partial charge is 0.278 e. The Morgan fingerprint density at radius 2 is 2.00 bits per heavy atom. The lowest BCUT2D eigenvalue weighted by atomic mass is 10.2. The van der Waals surface area contributed by atoms with Crippen molar-refractivity contribution in [1.29, 1.82) is 0 Å². The van der Waals surface area contributed by atoms with Crippen molar-refractivity contribution in [2.45, 2.75) is 25.7 Å². The van der Waals surface area contributed by atoms with E-state index in [-0.39, 0.29) is 5.91 Å². The molecule has 6 nitrogen and oxygen atoms in total. The lowest BCUT2D eigenvalue weighted by Crippen LogP contribution is -2.15. The Morgan fingerprint density at radius 3 is 2.68 bits per heavy atom. The number of carbonyl (C=O) groups is 1. The lowest BCUT2D eigenvalue weighted by Gasteiger charge is -2.08. The molecule has 1 amide bonds. The van der Waals surface area contributed by atoms with Gasteiger partial charge in [-0.05, 0) is 56.2 Å². The molecule has 0 radical (unpaired) electrons. The molecule has 25 heavy (non-hydrogen) atoms. The number of rotatable bonds is 4. The van der Waals surface area contributed by atoms with Gasteiger partial charge in [0, 0.05) is 28.0 Å². The van der Waals surface area contributed by atoms with Gasteiger partial charge in [-0.15, -0.1) is 5.10 Å². The summed E-state index contributed by atoms with van der Waals surface area (Å²) in [4.78, 5) is 16.9. The van der Waals surface area contributed by atoms with Gasteiger partial charge in [0.1, 0.15) is 0 Å². The Hall–Kier alpha value is -2.54. The molecule has 0 unspecified atom stereocenters. The molecule has 3 aromatic rings. The standard InChI is InChI=1S/C18H16BrN5O/c1-11-10-14(8-9-20-11)21-18(25)16-17(12-2-3-12)24(23-22-16)15-6-4-13(19)5-7-15/h4-10,12H,2-3H2,1H3,(H,20,21,25). The van der Waals surface area contributed by atoms with E-state index >= 15 is 0 Å². The minimum absolute atomic E-state index is 0.240. The largest absolute Gasteiger partial charge is 0.320 e. The SMILES string of the molecule is Cc1cc(NC(=O)c2nnn(-c3ccc(Br)cc3)c2C2CC2)ccn1. The fourth-order valence-electron chi connectivity index (χ4n) is 2.76. The number of nitrogens with zero attached hydrogens (tertiary/aromatic N) is 4. The van der Waals surface area contributed by atoms with E-state index < -0.39 is 0 Å². The zero-order valence-corrected chi connectivity index (χ0v) is 15.2. The quantitative estimate of drug-likeness (QED) is 0.725. The first-order chi connectivity index (χ1) is 12.1. The number of amides is 1. The molecule has 0 spiro atoms. The van der Waals surface area contributed by atoms with E-state index in [2.05, 4.69) is 36.5 Å². The van der Waals surface area contributed by atoms with Gasteiger partial charge in [0.05, 0.1) is 11.4 Å². The van der Waals surface area contributed by atoms with Gasteiger partial charge in [-0.1, -0.05) is 21.1 Å². The van der Waals surface area contributed by atoms with Gasteiger partial charge in [0.15, 0.2) is 5.69 Å². The Balaban J connectivity index is 1.68. The van der Waals surface area contributed by atoms with Crippen molar-refractivity contribution in [1.82, 2.24) is 20.0 Å². The second-order valence-corrected chi connectivity index (χ2v) is 7.04. The van der Waals surface area contributed by atoms with Crippen LogP contribution in [0.25, 0.3) is 5.69 Å². The maximum Gasteiger partial charge on any atom is 0.278 e. The third-order valence-electron chi connectivity index (χ3n) is 4.11. The van der Waals surface area contributed by atoms with Gasteiger partial charge < -0.3 is 5.32 Å². The number of aromatic nitrogens is 4. The number of pyridine rings is 1. The van der Waals surface area contributed by atoms with Crippen LogP contribution in [-0.2, 0) is 0 Å². The number of aryl methyl sites for hydroxylation is 1. The number of hydrogen-bond acceptors (Lipinski definition) is 4. The van der Waals surface area contributed by atoms with E-state index in [0.29, 0.717) is 17.3 Å². The summed E-state index contributed by atoms with van der Waals surface area (Å²) in [5.74, 6) is 0.0921. The molecule has 1 saturated carbocycles. The summed E-state index contributed by atoms with van der Waals surface area (Å²) >= 11 is 3.43. The third kappa shape index (κ3) is 3.32. The first-order valence-electron chi connectivity index (χ1n) is 8.07. The van der Waals surface area contributed by atoms with E-state index in [9.17, 15) is 4.79 Å². The molecular formula is C18H16BrN5O. The molecular weight excluding hydrogens is 382 g/mol. The predicted molar refractivity (Wildman–Crippen MR) is 98.0 cm³/mol. The molecule has 1 fully saturated rings. The zero-order valence-electron chi connectivity index (χ0n) is 13.6. The Kier molecular flexibility index (Phi) is 4.09. The van der Waals surface area contributed by atoms with Gasteiger partial charge in [0.25, 0.3) is 5.91 Å². The summed E-state index contributed by atoms with van der Waals surface area (Å²) in [5, 5.41) is 11.3. The molecule has 126 valence electrons. The van der Waals surface area contributed by atoms with Crippen LogP contribution in [0.5, 0.6) is 0 Å². The summed E-state index contributed by atoms with van der Waals surface area (Å²) in [7, 11) is 0. The van der Waals surface area contributed by atoms with Crippen LogP contribution < -0.4 is 5.32 Å². The molecule has 0 saturated heterocycles. The Bertz CT molecular complexity index is 931. The number of halogens is 1. The molecule has 7 heteroatoms. The Morgan fingerprint density at radius 1 is 1.24 bits per heavy atom. The molecule has 1 N–H and O–H groups in total. The second-order valence-electron chi connectivity index (χ2n) is 6.13. The molecule has 2 aromatic heterocycles. The average Bonchev–Trinajstić information content (AvgIpc) is 3.34. The zero-order chi connectivity index (χ0) is 17.4. The van der Waals surface area contributed by atoms with Gasteiger partial charge in [-0.25, -0.2) is 4.68 Å². The van der Waals surface area contributed by atoms with Gasteiger partial charge in [0.2, 0.25) is 0 Å². The van der Waals surface area contributed by atoms with Crippen molar-refractivity contribution < 1.29 is 4.79 Å². The fourth-order valence-corrected chi connectivity index (χ4v) is 3.02. The van der Waals surface area contributed by atoms with Gasteiger partial charge in [-0.3, -0.25) is 9.78 Å². The van der Waals surface area contributed by atoms with Crippen LogP contribution in [0.4, 0.5) is 5.69 Å². The highest BCUT2D eigenvalue weighted by atomic mass is 79.9. The predicted octanol–water partition coefficient (Wildman–Crippen LogP) is 3.86.